The summed E-state index contributed by atoms with van der Waals surface area (Å²) in [6.45, 7) is 6.88. The third-order valence-electron chi connectivity index (χ3n) is 3.54. The minimum absolute atomic E-state index is 0.596. The van der Waals surface area contributed by atoms with Gasteiger partial charge in [0.25, 0.3) is 0 Å². The van der Waals surface area contributed by atoms with E-state index in [1.165, 1.54) is 11.1 Å². The van der Waals surface area contributed by atoms with Gasteiger partial charge in [-0.3, -0.25) is 0 Å². The van der Waals surface area contributed by atoms with Gasteiger partial charge in [0.1, 0.15) is 5.75 Å². The van der Waals surface area contributed by atoms with Gasteiger partial charge in [0.15, 0.2) is 0 Å². The molecule has 112 valence electrons. The molecule has 1 aliphatic heterocycles. The maximum Gasteiger partial charge on any atom is 0.203 e. The molecule has 5 heteroatoms. The Labute approximate surface area is 133 Å². The van der Waals surface area contributed by atoms with E-state index in [0.29, 0.717) is 5.92 Å². The smallest absolute Gasteiger partial charge is 0.203 e. The molecule has 0 amide bonds. The fraction of sp³-hybridized carbons (Fsp3) is 0.438. The van der Waals surface area contributed by atoms with Crippen molar-refractivity contribution in [2.24, 2.45) is 5.92 Å². The van der Waals surface area contributed by atoms with Gasteiger partial charge in [0.2, 0.25) is 5.95 Å². The van der Waals surface area contributed by atoms with Crippen LogP contribution in [0.25, 0.3) is 0 Å². The fourth-order valence-electron chi connectivity index (χ4n) is 2.67. The van der Waals surface area contributed by atoms with E-state index in [4.69, 9.17) is 4.74 Å². The SMILES string of the molecule is CC(C)Cn1ccnc1NCc1cc(Br)cc2c1OCC2. The standard InChI is InChI=1S/C16H20BrN3O/c1-11(2)10-20-5-4-18-16(20)19-9-13-8-14(17)7-12-3-6-21-15(12)13/h4-5,7-8,11H,3,6,9-10H2,1-2H3,(H,18,19). The first-order valence-electron chi connectivity index (χ1n) is 7.32. The third kappa shape index (κ3) is 3.23. The number of aromatic nitrogens is 2. The Bertz CT molecular complexity index is 636. The third-order valence-corrected chi connectivity index (χ3v) is 4.00. The molecular weight excluding hydrogens is 330 g/mol. The monoisotopic (exact) mass is 349 g/mol. The minimum Gasteiger partial charge on any atom is -0.493 e. The lowest BCUT2D eigenvalue weighted by Gasteiger charge is -2.13. The Balaban J connectivity index is 1.75. The lowest BCUT2D eigenvalue weighted by Crippen LogP contribution is -2.10. The van der Waals surface area contributed by atoms with E-state index in [1.54, 1.807) is 0 Å². The van der Waals surface area contributed by atoms with E-state index in [1.807, 2.05) is 12.4 Å². The molecule has 4 nitrogen and oxygen atoms in total. The number of hydrogen-bond donors (Lipinski definition) is 1. The van der Waals surface area contributed by atoms with Gasteiger partial charge in [-0.25, -0.2) is 4.98 Å². The number of benzene rings is 1. The van der Waals surface area contributed by atoms with Crippen LogP contribution >= 0.6 is 15.9 Å². The number of nitrogens with zero attached hydrogens (tertiary/aromatic N) is 2. The summed E-state index contributed by atoms with van der Waals surface area (Å²) in [4.78, 5) is 4.40. The average molecular weight is 350 g/mol. The Morgan fingerprint density at radius 2 is 2.29 bits per heavy atom. The summed E-state index contributed by atoms with van der Waals surface area (Å²) < 4.78 is 9.02. The van der Waals surface area contributed by atoms with E-state index in [2.05, 4.69) is 56.8 Å². The van der Waals surface area contributed by atoms with Gasteiger partial charge in [0.05, 0.1) is 6.61 Å². The Morgan fingerprint density at radius 3 is 3.10 bits per heavy atom. The van der Waals surface area contributed by atoms with Gasteiger partial charge in [0, 0.05) is 41.9 Å². The van der Waals surface area contributed by atoms with Crippen LogP contribution in [-0.2, 0) is 19.5 Å². The summed E-state index contributed by atoms with van der Waals surface area (Å²) in [7, 11) is 0. The van der Waals surface area contributed by atoms with E-state index < -0.39 is 0 Å². The Hall–Kier alpha value is -1.49. The molecule has 0 bridgehead atoms. The molecule has 3 rings (SSSR count). The lowest BCUT2D eigenvalue weighted by molar-refractivity contribution is 0.353. The first-order chi connectivity index (χ1) is 10.1. The summed E-state index contributed by atoms with van der Waals surface area (Å²) in [6, 6.07) is 4.26. The van der Waals surface area contributed by atoms with Crippen LogP contribution in [0.1, 0.15) is 25.0 Å². The molecule has 1 N–H and O–H groups in total. The lowest BCUT2D eigenvalue weighted by atomic mass is 10.1. The van der Waals surface area contributed by atoms with Crippen molar-refractivity contribution in [2.75, 3.05) is 11.9 Å². The number of halogens is 1. The highest BCUT2D eigenvalue weighted by atomic mass is 79.9. The second-order valence-corrected chi connectivity index (χ2v) is 6.72. The van der Waals surface area contributed by atoms with Crippen LogP contribution < -0.4 is 10.1 Å². The molecule has 0 saturated carbocycles. The fourth-order valence-corrected chi connectivity index (χ4v) is 3.22. The molecule has 1 aromatic heterocycles. The predicted octanol–water partition coefficient (Wildman–Crippen LogP) is 3.85. The van der Waals surface area contributed by atoms with Gasteiger partial charge in [-0.2, -0.15) is 0 Å². The first-order valence-corrected chi connectivity index (χ1v) is 8.12. The van der Waals surface area contributed by atoms with Crippen LogP contribution in [0.2, 0.25) is 0 Å². The van der Waals surface area contributed by atoms with E-state index in [9.17, 15) is 0 Å². The number of nitrogens with one attached hydrogen (secondary N) is 1. The van der Waals surface area contributed by atoms with Crippen molar-refractivity contribution in [2.45, 2.75) is 33.4 Å². The van der Waals surface area contributed by atoms with Crippen LogP contribution in [0.5, 0.6) is 5.75 Å². The summed E-state index contributed by atoms with van der Waals surface area (Å²) in [5.74, 6) is 2.54. The molecule has 21 heavy (non-hydrogen) atoms. The maximum atomic E-state index is 5.76. The van der Waals surface area contributed by atoms with Gasteiger partial charge in [-0.1, -0.05) is 29.8 Å². The number of rotatable bonds is 5. The molecule has 2 aromatic rings. The van der Waals surface area contributed by atoms with Crippen molar-refractivity contribution in [3.05, 3.63) is 40.1 Å². The number of anilines is 1. The molecule has 1 aliphatic rings. The zero-order chi connectivity index (χ0) is 14.8. The number of fused-ring (bicyclic) bond motifs is 1. The van der Waals surface area contributed by atoms with E-state index in [0.717, 1.165) is 42.3 Å². The van der Waals surface area contributed by atoms with Crippen molar-refractivity contribution >= 4 is 21.9 Å². The second-order valence-electron chi connectivity index (χ2n) is 5.80. The summed E-state index contributed by atoms with van der Waals surface area (Å²) in [5.41, 5.74) is 2.46. The van der Waals surface area contributed by atoms with Crippen LogP contribution in [0, 0.1) is 5.92 Å². The van der Waals surface area contributed by atoms with Gasteiger partial charge < -0.3 is 14.6 Å². The van der Waals surface area contributed by atoms with Crippen molar-refractivity contribution in [1.82, 2.24) is 9.55 Å². The Kier molecular flexibility index (Phi) is 4.19. The topological polar surface area (TPSA) is 39.1 Å². The maximum absolute atomic E-state index is 5.76. The van der Waals surface area contributed by atoms with Crippen molar-refractivity contribution in [3.63, 3.8) is 0 Å². The van der Waals surface area contributed by atoms with Crippen LogP contribution in [0.3, 0.4) is 0 Å². The van der Waals surface area contributed by atoms with E-state index in [-0.39, 0.29) is 0 Å². The first kappa shape index (κ1) is 14.4. The number of imidazole rings is 1. The second kappa shape index (κ2) is 6.10. The molecule has 0 radical (unpaired) electrons. The molecule has 1 aromatic carbocycles. The highest BCUT2D eigenvalue weighted by molar-refractivity contribution is 9.10. The van der Waals surface area contributed by atoms with Crippen LogP contribution in [0.15, 0.2) is 29.0 Å². The minimum atomic E-state index is 0.596. The molecule has 0 fully saturated rings. The van der Waals surface area contributed by atoms with Crippen molar-refractivity contribution in [3.8, 4) is 5.75 Å². The number of ether oxygens (including phenoxy) is 1. The number of hydrogen-bond acceptors (Lipinski definition) is 3. The average Bonchev–Trinajstić information content (AvgIpc) is 3.04. The summed E-state index contributed by atoms with van der Waals surface area (Å²) in [6.07, 6.45) is 4.85. The molecular formula is C16H20BrN3O. The molecule has 0 unspecified atom stereocenters. The highest BCUT2D eigenvalue weighted by Crippen LogP contribution is 2.33. The van der Waals surface area contributed by atoms with Crippen molar-refractivity contribution in [1.29, 1.82) is 0 Å². The van der Waals surface area contributed by atoms with Crippen LogP contribution in [-0.4, -0.2) is 16.2 Å². The van der Waals surface area contributed by atoms with Gasteiger partial charge >= 0.3 is 0 Å². The van der Waals surface area contributed by atoms with Crippen LogP contribution in [0.4, 0.5) is 5.95 Å². The molecule has 0 spiro atoms. The normalized spacial score (nSPS) is 13.3. The van der Waals surface area contributed by atoms with E-state index >= 15 is 0 Å². The molecule has 0 saturated heterocycles. The van der Waals surface area contributed by atoms with Gasteiger partial charge in [-0.15, -0.1) is 0 Å². The highest BCUT2D eigenvalue weighted by Gasteiger charge is 2.17. The predicted molar refractivity (Wildman–Crippen MR) is 87.7 cm³/mol. The quantitative estimate of drug-likeness (QED) is 0.890. The summed E-state index contributed by atoms with van der Waals surface area (Å²) in [5, 5.41) is 3.42. The summed E-state index contributed by atoms with van der Waals surface area (Å²) >= 11 is 3.58. The molecule has 2 heterocycles. The molecule has 0 aliphatic carbocycles. The zero-order valence-electron chi connectivity index (χ0n) is 12.4. The Morgan fingerprint density at radius 1 is 1.43 bits per heavy atom. The van der Waals surface area contributed by atoms with Gasteiger partial charge in [-0.05, 0) is 23.6 Å². The largest absolute Gasteiger partial charge is 0.493 e. The molecule has 0 atom stereocenters. The van der Waals surface area contributed by atoms with Crippen molar-refractivity contribution < 1.29 is 4.74 Å². The zero-order valence-corrected chi connectivity index (χ0v) is 14.0.